The lowest BCUT2D eigenvalue weighted by Crippen LogP contribution is -1.85. The van der Waals surface area contributed by atoms with Crippen LogP contribution in [0.3, 0.4) is 0 Å². The van der Waals surface area contributed by atoms with Gasteiger partial charge in [0.2, 0.25) is 5.89 Å². The molecule has 0 bridgehead atoms. The molecule has 2 rings (SSSR count). The Morgan fingerprint density at radius 1 is 1.35 bits per heavy atom. The molecule has 90 valence electrons. The Balaban J connectivity index is 1.93. The molecule has 4 nitrogen and oxygen atoms in total. The van der Waals surface area contributed by atoms with Crippen LogP contribution in [0.4, 0.5) is 4.39 Å². The van der Waals surface area contributed by atoms with Crippen LogP contribution in [0, 0.1) is 5.82 Å². The van der Waals surface area contributed by atoms with Gasteiger partial charge in [0.1, 0.15) is 5.82 Å². The summed E-state index contributed by atoms with van der Waals surface area (Å²) < 4.78 is 18.3. The summed E-state index contributed by atoms with van der Waals surface area (Å²) in [5.74, 6) is 0.881. The first-order valence-electron chi connectivity index (χ1n) is 5.32. The predicted octanol–water partition coefficient (Wildman–Crippen LogP) is 2.85. The van der Waals surface area contributed by atoms with Gasteiger partial charge in [-0.1, -0.05) is 18.7 Å². The van der Waals surface area contributed by atoms with E-state index in [2.05, 4.69) is 22.1 Å². The molecular weight excluding hydrogens is 241 g/mol. The van der Waals surface area contributed by atoms with E-state index < -0.39 is 0 Å². The molecule has 17 heavy (non-hydrogen) atoms. The van der Waals surface area contributed by atoms with Gasteiger partial charge in [0.25, 0.3) is 5.22 Å². The number of halogens is 1. The van der Waals surface area contributed by atoms with Gasteiger partial charge in [-0.05, 0) is 18.1 Å². The van der Waals surface area contributed by atoms with Crippen molar-refractivity contribution < 1.29 is 8.81 Å². The van der Waals surface area contributed by atoms with Crippen molar-refractivity contribution in [2.75, 3.05) is 0 Å². The Labute approximate surface area is 103 Å². The zero-order valence-electron chi connectivity index (χ0n) is 9.39. The summed E-state index contributed by atoms with van der Waals surface area (Å²) in [6.07, 6.45) is 4.56. The van der Waals surface area contributed by atoms with Crippen LogP contribution in [0.25, 0.3) is 0 Å². The number of aromatic nitrogens is 3. The van der Waals surface area contributed by atoms with E-state index in [4.69, 9.17) is 4.42 Å². The lowest BCUT2D eigenvalue weighted by atomic mass is 10.3. The maximum atomic E-state index is 12.9. The Bertz CT molecular complexity index is 489. The van der Waals surface area contributed by atoms with Crippen LogP contribution in [-0.2, 0) is 12.2 Å². The number of thioether (sulfide) groups is 1. The van der Waals surface area contributed by atoms with Crippen LogP contribution in [0.15, 0.2) is 28.1 Å². The van der Waals surface area contributed by atoms with E-state index in [0.717, 1.165) is 18.4 Å². The van der Waals surface area contributed by atoms with E-state index in [1.807, 2.05) is 0 Å². The lowest BCUT2D eigenvalue weighted by molar-refractivity contribution is 0.411. The lowest BCUT2D eigenvalue weighted by Gasteiger charge is -1.97. The Kier molecular flexibility index (Phi) is 4.08. The molecule has 0 aliphatic rings. The highest BCUT2D eigenvalue weighted by molar-refractivity contribution is 7.98. The molecule has 0 spiro atoms. The van der Waals surface area contributed by atoms with Crippen LogP contribution in [-0.4, -0.2) is 15.2 Å². The average molecular weight is 253 g/mol. The van der Waals surface area contributed by atoms with Gasteiger partial charge in [-0.2, -0.15) is 0 Å². The number of hydrogen-bond donors (Lipinski definition) is 0. The van der Waals surface area contributed by atoms with E-state index >= 15 is 0 Å². The molecule has 6 heteroatoms. The summed E-state index contributed by atoms with van der Waals surface area (Å²) >= 11 is 1.38. The first kappa shape index (κ1) is 12.0. The van der Waals surface area contributed by atoms with Crippen molar-refractivity contribution in [1.82, 2.24) is 15.2 Å². The van der Waals surface area contributed by atoms with Gasteiger partial charge in [0.05, 0.1) is 6.20 Å². The van der Waals surface area contributed by atoms with Crippen LogP contribution < -0.4 is 0 Å². The standard InChI is InChI=1S/C11H12FN3OS/c1-2-3-10-14-15-11(16-10)17-7-8-4-9(12)6-13-5-8/h4-6H,2-3,7H2,1H3. The Morgan fingerprint density at radius 2 is 2.24 bits per heavy atom. The second kappa shape index (κ2) is 5.77. The van der Waals surface area contributed by atoms with Crippen LogP contribution in [0.2, 0.25) is 0 Å². The van der Waals surface area contributed by atoms with Crippen molar-refractivity contribution in [3.63, 3.8) is 0 Å². The quantitative estimate of drug-likeness (QED) is 0.767. The zero-order chi connectivity index (χ0) is 12.1. The van der Waals surface area contributed by atoms with Gasteiger partial charge in [-0.3, -0.25) is 4.98 Å². The highest BCUT2D eigenvalue weighted by Gasteiger charge is 2.06. The first-order chi connectivity index (χ1) is 8.28. The van der Waals surface area contributed by atoms with Crippen molar-refractivity contribution in [2.45, 2.75) is 30.7 Å². The Morgan fingerprint density at radius 3 is 3.00 bits per heavy atom. The Hall–Kier alpha value is -1.43. The fourth-order valence-electron chi connectivity index (χ4n) is 1.29. The molecule has 0 aliphatic heterocycles. The molecule has 0 N–H and O–H groups in total. The highest BCUT2D eigenvalue weighted by Crippen LogP contribution is 2.21. The third-order valence-electron chi connectivity index (χ3n) is 2.04. The molecule has 0 saturated heterocycles. The molecule has 0 aromatic carbocycles. The number of hydrogen-bond acceptors (Lipinski definition) is 5. The number of pyridine rings is 1. The average Bonchev–Trinajstić information content (AvgIpc) is 2.75. The van der Waals surface area contributed by atoms with E-state index in [1.165, 1.54) is 24.0 Å². The van der Waals surface area contributed by atoms with Gasteiger partial charge in [-0.25, -0.2) is 4.39 Å². The fourth-order valence-corrected chi connectivity index (χ4v) is 1.99. The second-order valence-corrected chi connectivity index (χ2v) is 4.44. The summed E-state index contributed by atoms with van der Waals surface area (Å²) in [5, 5.41) is 8.32. The van der Waals surface area contributed by atoms with Gasteiger partial charge < -0.3 is 4.42 Å². The maximum absolute atomic E-state index is 12.9. The van der Waals surface area contributed by atoms with Crippen molar-refractivity contribution in [2.24, 2.45) is 0 Å². The van der Waals surface area contributed by atoms with Crippen molar-refractivity contribution in [1.29, 1.82) is 0 Å². The van der Waals surface area contributed by atoms with Crippen LogP contribution in [0.5, 0.6) is 0 Å². The van der Waals surface area contributed by atoms with Crippen molar-refractivity contribution >= 4 is 11.8 Å². The van der Waals surface area contributed by atoms with Gasteiger partial charge in [-0.15, -0.1) is 10.2 Å². The molecule has 0 atom stereocenters. The fraction of sp³-hybridized carbons (Fsp3) is 0.364. The summed E-state index contributed by atoms with van der Waals surface area (Å²) in [6.45, 7) is 2.05. The molecule has 2 aromatic heterocycles. The normalized spacial score (nSPS) is 10.7. The third kappa shape index (κ3) is 3.52. The van der Waals surface area contributed by atoms with Crippen molar-refractivity contribution in [3.8, 4) is 0 Å². The summed E-state index contributed by atoms with van der Waals surface area (Å²) in [7, 11) is 0. The molecule has 0 unspecified atom stereocenters. The number of rotatable bonds is 5. The molecule has 0 fully saturated rings. The number of aryl methyl sites for hydroxylation is 1. The predicted molar refractivity (Wildman–Crippen MR) is 62.0 cm³/mol. The minimum Gasteiger partial charge on any atom is -0.416 e. The second-order valence-electron chi connectivity index (χ2n) is 3.51. The molecule has 2 aromatic rings. The number of nitrogens with zero attached hydrogens (tertiary/aromatic N) is 3. The van der Waals surface area contributed by atoms with Gasteiger partial charge in [0.15, 0.2) is 0 Å². The first-order valence-corrected chi connectivity index (χ1v) is 6.31. The molecule has 0 saturated carbocycles. The van der Waals surface area contributed by atoms with Gasteiger partial charge in [0, 0.05) is 18.4 Å². The summed E-state index contributed by atoms with van der Waals surface area (Å²) in [4.78, 5) is 3.78. The summed E-state index contributed by atoms with van der Waals surface area (Å²) in [5.41, 5.74) is 0.797. The third-order valence-corrected chi connectivity index (χ3v) is 2.93. The van der Waals surface area contributed by atoms with E-state index in [0.29, 0.717) is 16.9 Å². The van der Waals surface area contributed by atoms with E-state index in [1.54, 1.807) is 6.20 Å². The molecule has 0 radical (unpaired) electrons. The topological polar surface area (TPSA) is 51.8 Å². The largest absolute Gasteiger partial charge is 0.416 e. The monoisotopic (exact) mass is 253 g/mol. The molecule has 0 amide bonds. The SMILES string of the molecule is CCCc1nnc(SCc2cncc(F)c2)o1. The van der Waals surface area contributed by atoms with Crippen molar-refractivity contribution in [3.05, 3.63) is 35.7 Å². The van der Waals surface area contributed by atoms with E-state index in [9.17, 15) is 4.39 Å². The smallest absolute Gasteiger partial charge is 0.276 e. The minimum absolute atomic E-state index is 0.333. The van der Waals surface area contributed by atoms with Gasteiger partial charge >= 0.3 is 0 Å². The van der Waals surface area contributed by atoms with Crippen LogP contribution >= 0.6 is 11.8 Å². The minimum atomic E-state index is -0.333. The highest BCUT2D eigenvalue weighted by atomic mass is 32.2. The van der Waals surface area contributed by atoms with Crippen LogP contribution in [0.1, 0.15) is 24.8 Å². The summed E-state index contributed by atoms with van der Waals surface area (Å²) in [6, 6.07) is 1.45. The molecule has 2 heterocycles. The molecule has 0 aliphatic carbocycles. The molecular formula is C11H12FN3OS. The maximum Gasteiger partial charge on any atom is 0.276 e. The van der Waals surface area contributed by atoms with E-state index in [-0.39, 0.29) is 5.82 Å². The zero-order valence-corrected chi connectivity index (χ0v) is 10.2.